The van der Waals surface area contributed by atoms with Gasteiger partial charge in [0.2, 0.25) is 0 Å². The van der Waals surface area contributed by atoms with Crippen LogP contribution < -0.4 is 10.1 Å². The van der Waals surface area contributed by atoms with Crippen LogP contribution in [0, 0.1) is 16.0 Å². The standard InChI is InChI=1S/C19H17BrN2O3/c1-25-17-10-13(22(23)24)9-16-14-3-2-4-15(14)18(21-19(16)17)11-5-7-12(20)8-6-11/h2-3,5-10,14-15,18,21H,4H2,1H3/t14-,15+,18-/m0/s1. The van der Waals surface area contributed by atoms with Crippen molar-refractivity contribution in [2.24, 2.45) is 5.92 Å². The lowest BCUT2D eigenvalue weighted by Crippen LogP contribution is -2.29. The second-order valence-electron chi connectivity index (χ2n) is 6.40. The first-order chi connectivity index (χ1) is 12.1. The van der Waals surface area contributed by atoms with Gasteiger partial charge in [0.15, 0.2) is 0 Å². The van der Waals surface area contributed by atoms with E-state index in [0.717, 1.165) is 22.1 Å². The lowest BCUT2D eigenvalue weighted by atomic mass is 9.76. The number of hydrogen-bond acceptors (Lipinski definition) is 4. The monoisotopic (exact) mass is 400 g/mol. The molecule has 1 heterocycles. The zero-order valence-electron chi connectivity index (χ0n) is 13.6. The Morgan fingerprint density at radius 2 is 2.04 bits per heavy atom. The Morgan fingerprint density at radius 1 is 1.28 bits per heavy atom. The van der Waals surface area contributed by atoms with Crippen molar-refractivity contribution in [1.29, 1.82) is 0 Å². The molecule has 1 aliphatic carbocycles. The van der Waals surface area contributed by atoms with Gasteiger partial charge in [-0.2, -0.15) is 0 Å². The predicted molar refractivity (Wildman–Crippen MR) is 100 cm³/mol. The van der Waals surface area contributed by atoms with E-state index in [1.54, 1.807) is 13.2 Å². The molecule has 0 aromatic heterocycles. The number of nitrogens with zero attached hydrogens (tertiary/aromatic N) is 1. The number of halogens is 1. The van der Waals surface area contributed by atoms with Crippen LogP contribution in [-0.4, -0.2) is 12.0 Å². The number of allylic oxidation sites excluding steroid dienone is 2. The van der Waals surface area contributed by atoms with Crippen LogP contribution in [-0.2, 0) is 0 Å². The van der Waals surface area contributed by atoms with E-state index in [4.69, 9.17) is 4.74 Å². The van der Waals surface area contributed by atoms with Gasteiger partial charge in [-0.05, 0) is 35.6 Å². The van der Waals surface area contributed by atoms with Gasteiger partial charge in [0.25, 0.3) is 5.69 Å². The topological polar surface area (TPSA) is 64.4 Å². The average molecular weight is 401 g/mol. The molecule has 0 saturated carbocycles. The Hall–Kier alpha value is -2.34. The fourth-order valence-electron chi connectivity index (χ4n) is 3.92. The van der Waals surface area contributed by atoms with Crippen molar-refractivity contribution in [2.75, 3.05) is 12.4 Å². The summed E-state index contributed by atoms with van der Waals surface area (Å²) in [4.78, 5) is 10.9. The number of fused-ring (bicyclic) bond motifs is 3. The maximum Gasteiger partial charge on any atom is 0.273 e. The van der Waals surface area contributed by atoms with E-state index in [1.807, 2.05) is 12.1 Å². The summed E-state index contributed by atoms with van der Waals surface area (Å²) >= 11 is 3.48. The third-order valence-corrected chi connectivity index (χ3v) is 5.61. The minimum atomic E-state index is -0.364. The van der Waals surface area contributed by atoms with Crippen molar-refractivity contribution in [2.45, 2.75) is 18.4 Å². The van der Waals surface area contributed by atoms with Crippen LogP contribution in [0.25, 0.3) is 0 Å². The van der Waals surface area contributed by atoms with Gasteiger partial charge in [0.05, 0.1) is 29.8 Å². The van der Waals surface area contributed by atoms with Gasteiger partial charge >= 0.3 is 0 Å². The quantitative estimate of drug-likeness (QED) is 0.437. The molecule has 2 aromatic carbocycles. The van der Waals surface area contributed by atoms with Crippen LogP contribution in [0.5, 0.6) is 5.75 Å². The van der Waals surface area contributed by atoms with E-state index >= 15 is 0 Å². The Labute approximate surface area is 154 Å². The van der Waals surface area contributed by atoms with E-state index in [2.05, 4.69) is 45.5 Å². The molecule has 2 aromatic rings. The summed E-state index contributed by atoms with van der Waals surface area (Å²) in [6.45, 7) is 0. The summed E-state index contributed by atoms with van der Waals surface area (Å²) in [7, 11) is 1.55. The summed E-state index contributed by atoms with van der Waals surface area (Å²) in [5, 5.41) is 14.9. The minimum absolute atomic E-state index is 0.0681. The number of nitrogens with one attached hydrogen (secondary N) is 1. The van der Waals surface area contributed by atoms with Gasteiger partial charge in [-0.15, -0.1) is 0 Å². The molecule has 0 saturated heterocycles. The summed E-state index contributed by atoms with van der Waals surface area (Å²) in [6.07, 6.45) is 5.28. The highest BCUT2D eigenvalue weighted by molar-refractivity contribution is 9.10. The summed E-state index contributed by atoms with van der Waals surface area (Å²) in [5.41, 5.74) is 3.07. The fraction of sp³-hybridized carbons (Fsp3) is 0.263. The molecule has 1 aliphatic heterocycles. The number of rotatable bonds is 3. The third kappa shape index (κ3) is 2.70. The Balaban J connectivity index is 1.84. The van der Waals surface area contributed by atoms with Gasteiger partial charge in [-0.1, -0.05) is 40.2 Å². The molecule has 6 heteroatoms. The minimum Gasteiger partial charge on any atom is -0.494 e. The van der Waals surface area contributed by atoms with E-state index in [-0.39, 0.29) is 22.6 Å². The summed E-state index contributed by atoms with van der Waals surface area (Å²) < 4.78 is 6.50. The molecule has 1 N–H and O–H groups in total. The second kappa shape index (κ2) is 6.19. The van der Waals surface area contributed by atoms with Crippen LogP contribution in [0.1, 0.15) is 29.5 Å². The zero-order chi connectivity index (χ0) is 17.6. The first-order valence-electron chi connectivity index (χ1n) is 8.13. The number of ether oxygens (including phenoxy) is 1. The van der Waals surface area contributed by atoms with Crippen LogP contribution >= 0.6 is 15.9 Å². The van der Waals surface area contributed by atoms with Gasteiger partial charge in [0.1, 0.15) is 5.75 Å². The maximum atomic E-state index is 11.3. The molecule has 2 aliphatic rings. The molecule has 4 rings (SSSR count). The molecule has 128 valence electrons. The molecule has 0 bridgehead atoms. The van der Waals surface area contributed by atoms with Crippen LogP contribution in [0.15, 0.2) is 53.0 Å². The van der Waals surface area contributed by atoms with Gasteiger partial charge in [-0.25, -0.2) is 0 Å². The highest BCUT2D eigenvalue weighted by Crippen LogP contribution is 2.53. The highest BCUT2D eigenvalue weighted by Gasteiger charge is 2.40. The zero-order valence-corrected chi connectivity index (χ0v) is 15.2. The Kier molecular flexibility index (Phi) is 4.00. The molecule has 25 heavy (non-hydrogen) atoms. The Bertz CT molecular complexity index is 864. The lowest BCUT2D eigenvalue weighted by Gasteiger charge is -2.38. The summed E-state index contributed by atoms with van der Waals surface area (Å²) in [5.74, 6) is 1.00. The first kappa shape index (κ1) is 16.1. The largest absolute Gasteiger partial charge is 0.494 e. The number of anilines is 1. The van der Waals surface area contributed by atoms with Gasteiger partial charge in [-0.3, -0.25) is 10.1 Å². The number of methoxy groups -OCH3 is 1. The van der Waals surface area contributed by atoms with Crippen molar-refractivity contribution >= 4 is 27.3 Å². The van der Waals surface area contributed by atoms with Gasteiger partial charge in [0, 0.05) is 16.5 Å². The highest BCUT2D eigenvalue weighted by atomic mass is 79.9. The van der Waals surface area contributed by atoms with Crippen molar-refractivity contribution in [3.8, 4) is 5.75 Å². The lowest BCUT2D eigenvalue weighted by molar-refractivity contribution is -0.385. The van der Waals surface area contributed by atoms with Crippen molar-refractivity contribution in [3.63, 3.8) is 0 Å². The smallest absolute Gasteiger partial charge is 0.273 e. The normalized spacial score (nSPS) is 23.5. The second-order valence-corrected chi connectivity index (χ2v) is 7.31. The molecule has 0 unspecified atom stereocenters. The number of nitro groups is 1. The molecule has 3 atom stereocenters. The first-order valence-corrected chi connectivity index (χ1v) is 8.93. The van der Waals surface area contributed by atoms with Crippen molar-refractivity contribution in [1.82, 2.24) is 0 Å². The average Bonchev–Trinajstić information content (AvgIpc) is 3.10. The van der Waals surface area contributed by atoms with Crippen molar-refractivity contribution in [3.05, 3.63) is 74.3 Å². The van der Waals surface area contributed by atoms with Gasteiger partial charge < -0.3 is 10.1 Å². The molecule has 0 amide bonds. The molecular formula is C19H17BrN2O3. The van der Waals surface area contributed by atoms with Crippen LogP contribution in [0.2, 0.25) is 0 Å². The number of benzene rings is 2. The Morgan fingerprint density at radius 3 is 2.72 bits per heavy atom. The summed E-state index contributed by atoms with van der Waals surface area (Å²) in [6, 6.07) is 11.6. The van der Waals surface area contributed by atoms with Crippen LogP contribution in [0.4, 0.5) is 11.4 Å². The molecular weight excluding hydrogens is 384 g/mol. The van der Waals surface area contributed by atoms with Crippen molar-refractivity contribution < 1.29 is 9.66 Å². The van der Waals surface area contributed by atoms with E-state index in [9.17, 15) is 10.1 Å². The number of nitro benzene ring substituents is 1. The SMILES string of the molecule is COc1cc([N+](=O)[O-])cc2c1N[C@@H](c1ccc(Br)cc1)[C@@H]1CC=C[C@H]21. The van der Waals surface area contributed by atoms with E-state index < -0.39 is 0 Å². The molecule has 0 fully saturated rings. The number of non-ortho nitro benzene ring substituents is 1. The van der Waals surface area contributed by atoms with E-state index in [0.29, 0.717) is 11.7 Å². The fourth-order valence-corrected chi connectivity index (χ4v) is 4.18. The molecule has 0 spiro atoms. The maximum absolute atomic E-state index is 11.3. The van der Waals surface area contributed by atoms with E-state index in [1.165, 1.54) is 11.6 Å². The van der Waals surface area contributed by atoms with Crippen LogP contribution in [0.3, 0.4) is 0 Å². The predicted octanol–water partition coefficient (Wildman–Crippen LogP) is 5.19. The molecule has 5 nitrogen and oxygen atoms in total. The number of hydrogen-bond donors (Lipinski definition) is 1. The third-order valence-electron chi connectivity index (χ3n) is 5.08. The molecule has 0 radical (unpaired) electrons.